The van der Waals surface area contributed by atoms with Crippen molar-refractivity contribution in [2.75, 3.05) is 39.2 Å². The Hall–Kier alpha value is -3.30. The zero-order valence-electron chi connectivity index (χ0n) is 17.2. The van der Waals surface area contributed by atoms with Gasteiger partial charge in [0.15, 0.2) is 22.8 Å². The van der Waals surface area contributed by atoms with E-state index >= 15 is 0 Å². The monoisotopic (exact) mass is 404 g/mol. The molecule has 0 spiro atoms. The highest BCUT2D eigenvalue weighted by atomic mass is 16.5. The first-order valence-corrected chi connectivity index (χ1v) is 9.36. The predicted molar refractivity (Wildman–Crippen MR) is 110 cm³/mol. The van der Waals surface area contributed by atoms with Crippen LogP contribution in [0.4, 0.5) is 10.6 Å². The highest BCUT2D eigenvalue weighted by molar-refractivity contribution is 5.92. The normalized spacial score (nSPS) is 10.5. The standard InChI is InChI=1S/C19H28N6O4/c1-5-29-19(26)23-9-7-6-8-22-18-17(21)25(12(2)20)14-11-16(28-4)15(27-3)10-13(14)24-18/h10-11,20-21H,5-9H2,1-4H3,(H,22,24)(H,23,26). The van der Waals surface area contributed by atoms with Gasteiger partial charge >= 0.3 is 6.09 Å². The second-order valence-corrected chi connectivity index (χ2v) is 6.21. The SMILES string of the molecule is CCOC(=O)NCCCCNc1nc2cc(OC)c(OC)cc2n(C(C)=N)c1=N. The number of anilines is 1. The maximum absolute atomic E-state index is 11.2. The summed E-state index contributed by atoms with van der Waals surface area (Å²) in [6, 6.07) is 3.43. The molecule has 0 fully saturated rings. The molecule has 1 heterocycles. The van der Waals surface area contributed by atoms with Gasteiger partial charge in [-0.2, -0.15) is 0 Å². The number of methoxy groups -OCH3 is 2. The lowest BCUT2D eigenvalue weighted by Gasteiger charge is -2.16. The zero-order valence-corrected chi connectivity index (χ0v) is 17.2. The zero-order chi connectivity index (χ0) is 21.4. The van der Waals surface area contributed by atoms with Gasteiger partial charge in [0.1, 0.15) is 5.84 Å². The van der Waals surface area contributed by atoms with Crippen LogP contribution in [0.1, 0.15) is 26.7 Å². The third-order valence-corrected chi connectivity index (χ3v) is 4.18. The third kappa shape index (κ3) is 5.37. The van der Waals surface area contributed by atoms with Crippen molar-refractivity contribution in [1.29, 1.82) is 10.8 Å². The molecule has 0 aliphatic carbocycles. The van der Waals surface area contributed by atoms with E-state index < -0.39 is 6.09 Å². The lowest BCUT2D eigenvalue weighted by atomic mass is 10.2. The van der Waals surface area contributed by atoms with Crippen molar-refractivity contribution in [3.8, 4) is 11.5 Å². The van der Waals surface area contributed by atoms with Gasteiger partial charge in [-0.15, -0.1) is 0 Å². The lowest BCUT2D eigenvalue weighted by Crippen LogP contribution is -2.29. The van der Waals surface area contributed by atoms with E-state index in [1.165, 1.54) is 11.7 Å². The predicted octanol–water partition coefficient (Wildman–Crippen LogP) is 2.32. The fourth-order valence-electron chi connectivity index (χ4n) is 2.83. The topological polar surface area (TPSA) is 134 Å². The molecule has 29 heavy (non-hydrogen) atoms. The van der Waals surface area contributed by atoms with Crippen LogP contribution in [0.15, 0.2) is 12.1 Å². The largest absolute Gasteiger partial charge is 0.493 e. The number of aromatic nitrogens is 2. The minimum atomic E-state index is -0.419. The van der Waals surface area contributed by atoms with Crippen molar-refractivity contribution in [2.45, 2.75) is 26.7 Å². The average molecular weight is 404 g/mol. The summed E-state index contributed by atoms with van der Waals surface area (Å²) < 4.78 is 17.0. The number of alkyl carbamates (subject to hydrolysis) is 1. The smallest absolute Gasteiger partial charge is 0.407 e. The van der Waals surface area contributed by atoms with Crippen molar-refractivity contribution >= 4 is 28.8 Å². The summed E-state index contributed by atoms with van der Waals surface area (Å²) in [6.45, 7) is 4.79. The summed E-state index contributed by atoms with van der Waals surface area (Å²) in [6.07, 6.45) is 1.10. The quantitative estimate of drug-likeness (QED) is 0.288. The molecule has 1 aromatic heterocycles. The Morgan fingerprint density at radius 3 is 2.45 bits per heavy atom. The number of carbonyl (C=O) groups excluding carboxylic acids is 1. The number of fused-ring (bicyclic) bond motifs is 1. The van der Waals surface area contributed by atoms with E-state index in [-0.39, 0.29) is 11.3 Å². The van der Waals surface area contributed by atoms with E-state index in [2.05, 4.69) is 15.6 Å². The van der Waals surface area contributed by atoms with E-state index in [0.29, 0.717) is 48.0 Å². The highest BCUT2D eigenvalue weighted by Crippen LogP contribution is 2.31. The first kappa shape index (κ1) is 22.0. The molecular weight excluding hydrogens is 376 g/mol. The molecule has 10 nitrogen and oxygen atoms in total. The summed E-state index contributed by atoms with van der Waals surface area (Å²) in [7, 11) is 3.08. The Balaban J connectivity index is 2.17. The number of benzene rings is 1. The Bertz CT molecular complexity index is 940. The maximum Gasteiger partial charge on any atom is 0.407 e. The summed E-state index contributed by atoms with van der Waals surface area (Å²) >= 11 is 0. The van der Waals surface area contributed by atoms with Gasteiger partial charge in [0.2, 0.25) is 0 Å². The number of rotatable bonds is 9. The van der Waals surface area contributed by atoms with Crippen molar-refractivity contribution in [3.63, 3.8) is 0 Å². The van der Waals surface area contributed by atoms with Crippen molar-refractivity contribution < 1.29 is 19.0 Å². The lowest BCUT2D eigenvalue weighted by molar-refractivity contribution is 0.152. The van der Waals surface area contributed by atoms with E-state index in [1.807, 2.05) is 0 Å². The second-order valence-electron chi connectivity index (χ2n) is 6.21. The maximum atomic E-state index is 11.2. The van der Waals surface area contributed by atoms with Crippen LogP contribution in [0, 0.1) is 10.8 Å². The fourth-order valence-corrected chi connectivity index (χ4v) is 2.83. The summed E-state index contributed by atoms with van der Waals surface area (Å²) in [5.41, 5.74) is 1.25. The molecule has 10 heteroatoms. The Morgan fingerprint density at radius 1 is 1.17 bits per heavy atom. The van der Waals surface area contributed by atoms with Gasteiger partial charge < -0.3 is 24.8 Å². The molecule has 2 rings (SSSR count). The van der Waals surface area contributed by atoms with Crippen molar-refractivity contribution in [2.24, 2.45) is 0 Å². The molecule has 0 aliphatic rings. The highest BCUT2D eigenvalue weighted by Gasteiger charge is 2.14. The first-order chi connectivity index (χ1) is 13.9. The van der Waals surface area contributed by atoms with Gasteiger partial charge in [-0.05, 0) is 26.7 Å². The molecule has 0 saturated heterocycles. The van der Waals surface area contributed by atoms with Crippen LogP contribution in [0.5, 0.6) is 11.5 Å². The molecule has 2 aromatic rings. The molecule has 0 bridgehead atoms. The van der Waals surface area contributed by atoms with Crippen LogP contribution < -0.4 is 25.6 Å². The molecule has 0 unspecified atom stereocenters. The minimum Gasteiger partial charge on any atom is -0.493 e. The number of hydrogen-bond acceptors (Lipinski definition) is 8. The van der Waals surface area contributed by atoms with E-state index in [1.54, 1.807) is 33.1 Å². The second kappa shape index (κ2) is 10.3. The number of hydrogen-bond donors (Lipinski definition) is 4. The minimum absolute atomic E-state index is 0.0851. The van der Waals surface area contributed by atoms with Crippen molar-refractivity contribution in [1.82, 2.24) is 14.9 Å². The number of carbonyl (C=O) groups is 1. The molecule has 158 valence electrons. The molecular formula is C19H28N6O4. The number of unbranched alkanes of at least 4 members (excludes halogenated alkanes) is 1. The molecule has 0 radical (unpaired) electrons. The third-order valence-electron chi connectivity index (χ3n) is 4.18. The van der Waals surface area contributed by atoms with Gasteiger partial charge in [0.25, 0.3) is 0 Å². The van der Waals surface area contributed by atoms with Gasteiger partial charge in [0.05, 0.1) is 31.9 Å². The molecule has 0 aliphatic heterocycles. The number of ether oxygens (including phenoxy) is 3. The van der Waals surface area contributed by atoms with Gasteiger partial charge in [-0.1, -0.05) is 0 Å². The summed E-state index contributed by atoms with van der Waals surface area (Å²) in [5.74, 6) is 1.59. The van der Waals surface area contributed by atoms with Crippen molar-refractivity contribution in [3.05, 3.63) is 17.6 Å². The van der Waals surface area contributed by atoms with Crippen LogP contribution in [0.2, 0.25) is 0 Å². The first-order valence-electron chi connectivity index (χ1n) is 9.36. The van der Waals surface area contributed by atoms with Crippen LogP contribution >= 0.6 is 0 Å². The van der Waals surface area contributed by atoms with E-state index in [0.717, 1.165) is 12.8 Å². The molecule has 4 N–H and O–H groups in total. The summed E-state index contributed by atoms with van der Waals surface area (Å²) in [4.78, 5) is 15.8. The average Bonchev–Trinajstić information content (AvgIpc) is 2.69. The Labute approximate surface area is 169 Å². The van der Waals surface area contributed by atoms with Gasteiger partial charge in [-0.25, -0.2) is 9.78 Å². The molecule has 1 amide bonds. The Morgan fingerprint density at radius 2 is 1.83 bits per heavy atom. The van der Waals surface area contributed by atoms with Crippen LogP contribution in [-0.4, -0.2) is 55.4 Å². The van der Waals surface area contributed by atoms with Crippen LogP contribution in [0.25, 0.3) is 11.0 Å². The fraction of sp³-hybridized carbons (Fsp3) is 0.474. The molecule has 0 saturated carbocycles. The van der Waals surface area contributed by atoms with E-state index in [4.69, 9.17) is 25.0 Å². The number of amides is 1. The Kier molecular flexibility index (Phi) is 7.81. The van der Waals surface area contributed by atoms with Gasteiger partial charge in [-0.3, -0.25) is 15.4 Å². The van der Waals surface area contributed by atoms with Gasteiger partial charge in [0, 0.05) is 25.2 Å². The van der Waals surface area contributed by atoms with Crippen LogP contribution in [-0.2, 0) is 4.74 Å². The van der Waals surface area contributed by atoms with Crippen LogP contribution in [0.3, 0.4) is 0 Å². The number of nitrogens with one attached hydrogen (secondary N) is 4. The molecule has 1 aromatic carbocycles. The molecule has 0 atom stereocenters. The number of nitrogens with zero attached hydrogens (tertiary/aromatic N) is 2. The summed E-state index contributed by atoms with van der Waals surface area (Å²) in [5, 5.41) is 22.4. The van der Waals surface area contributed by atoms with E-state index in [9.17, 15) is 4.79 Å².